The van der Waals surface area contributed by atoms with Gasteiger partial charge in [-0.1, -0.05) is 0 Å². The lowest BCUT2D eigenvalue weighted by molar-refractivity contribution is -0.114. The maximum atomic E-state index is 14.0. The first-order valence-electron chi connectivity index (χ1n) is 7.30. The van der Waals surface area contributed by atoms with Crippen LogP contribution in [0, 0.1) is 5.82 Å². The summed E-state index contributed by atoms with van der Waals surface area (Å²) in [5, 5.41) is 12.7. The molecule has 1 saturated heterocycles. The van der Waals surface area contributed by atoms with Gasteiger partial charge in [0.1, 0.15) is 5.82 Å². The fraction of sp³-hybridized carbons (Fsp3) is 0.500. The quantitative estimate of drug-likeness (QED) is 0.899. The number of nitrogens with zero attached hydrogens (tertiary/aromatic N) is 1. The molecular weight excluding hydrogens is 287 g/mol. The van der Waals surface area contributed by atoms with Crippen LogP contribution in [0.2, 0.25) is 0 Å². The van der Waals surface area contributed by atoms with Crippen molar-refractivity contribution >= 4 is 17.5 Å². The summed E-state index contributed by atoms with van der Waals surface area (Å²) in [6, 6.07) is 3.56. The van der Waals surface area contributed by atoms with Crippen molar-refractivity contribution in [1.29, 1.82) is 0 Å². The fourth-order valence-corrected chi connectivity index (χ4v) is 2.87. The number of rotatable bonds is 3. The molecular formula is C16H21FN2O3. The number of benzene rings is 1. The molecule has 1 aliphatic rings. The van der Waals surface area contributed by atoms with Crippen molar-refractivity contribution in [2.45, 2.75) is 45.3 Å². The summed E-state index contributed by atoms with van der Waals surface area (Å²) in [6.07, 6.45) is 1.45. The van der Waals surface area contributed by atoms with Crippen molar-refractivity contribution in [2.24, 2.45) is 0 Å². The van der Waals surface area contributed by atoms with Crippen LogP contribution in [-0.2, 0) is 4.79 Å². The Kier molecular flexibility index (Phi) is 4.51. The highest BCUT2D eigenvalue weighted by atomic mass is 19.1. The van der Waals surface area contributed by atoms with Crippen LogP contribution in [0.15, 0.2) is 18.2 Å². The first kappa shape index (κ1) is 16.4. The number of aliphatic hydroxyl groups is 1. The van der Waals surface area contributed by atoms with Gasteiger partial charge in [0.2, 0.25) is 5.91 Å². The average Bonchev–Trinajstić information content (AvgIpc) is 2.89. The third-order valence-corrected chi connectivity index (χ3v) is 3.85. The normalized spacial score (nSPS) is 18.4. The van der Waals surface area contributed by atoms with Crippen molar-refractivity contribution in [2.75, 3.05) is 11.9 Å². The molecule has 0 radical (unpaired) electrons. The number of hydrogen-bond donors (Lipinski definition) is 2. The topological polar surface area (TPSA) is 69.6 Å². The van der Waals surface area contributed by atoms with Crippen molar-refractivity contribution in [3.05, 3.63) is 29.6 Å². The SMILES string of the molecule is CC(=O)Nc1ccc(F)c(C(=O)N2CCCC2C(C)(C)O)c1. The highest BCUT2D eigenvalue weighted by Crippen LogP contribution is 2.29. The maximum Gasteiger partial charge on any atom is 0.257 e. The molecule has 22 heavy (non-hydrogen) atoms. The van der Waals surface area contributed by atoms with Crippen LogP contribution in [0.5, 0.6) is 0 Å². The predicted molar refractivity (Wildman–Crippen MR) is 81.1 cm³/mol. The number of anilines is 1. The zero-order chi connectivity index (χ0) is 16.5. The highest BCUT2D eigenvalue weighted by molar-refractivity contribution is 5.97. The van der Waals surface area contributed by atoms with E-state index in [1.54, 1.807) is 13.8 Å². The Hall–Kier alpha value is -1.95. The van der Waals surface area contributed by atoms with E-state index in [-0.39, 0.29) is 17.5 Å². The summed E-state index contributed by atoms with van der Waals surface area (Å²) in [5.41, 5.74) is -0.767. The molecule has 2 N–H and O–H groups in total. The number of carbonyl (C=O) groups excluding carboxylic acids is 2. The third-order valence-electron chi connectivity index (χ3n) is 3.85. The van der Waals surface area contributed by atoms with Crippen LogP contribution in [0.4, 0.5) is 10.1 Å². The van der Waals surface area contributed by atoms with Gasteiger partial charge in [-0.3, -0.25) is 9.59 Å². The molecule has 2 amide bonds. The molecule has 5 nitrogen and oxygen atoms in total. The second-order valence-corrected chi connectivity index (χ2v) is 6.19. The van der Waals surface area contributed by atoms with Crippen molar-refractivity contribution in [3.8, 4) is 0 Å². The van der Waals surface area contributed by atoms with Crippen molar-refractivity contribution < 1.29 is 19.1 Å². The van der Waals surface area contributed by atoms with Gasteiger partial charge < -0.3 is 15.3 Å². The molecule has 1 unspecified atom stereocenters. The van der Waals surface area contributed by atoms with Gasteiger partial charge in [-0.25, -0.2) is 4.39 Å². The average molecular weight is 308 g/mol. The molecule has 2 rings (SSSR count). The molecule has 120 valence electrons. The molecule has 0 saturated carbocycles. The maximum absolute atomic E-state index is 14.0. The number of nitrogens with one attached hydrogen (secondary N) is 1. The Morgan fingerprint density at radius 1 is 1.41 bits per heavy atom. The van der Waals surface area contributed by atoms with Gasteiger partial charge in [-0.2, -0.15) is 0 Å². The monoisotopic (exact) mass is 308 g/mol. The summed E-state index contributed by atoms with van der Waals surface area (Å²) in [4.78, 5) is 25.2. The standard InChI is InChI=1S/C16H21FN2O3/c1-10(20)18-11-6-7-13(17)12(9-11)15(21)19-8-4-5-14(19)16(2,3)22/h6-7,9,14,22H,4-5,8H2,1-3H3,(H,18,20). The van der Waals surface area contributed by atoms with Crippen LogP contribution in [0.1, 0.15) is 44.0 Å². The molecule has 0 aliphatic carbocycles. The first-order valence-corrected chi connectivity index (χ1v) is 7.30. The minimum atomic E-state index is -1.04. The molecule has 0 spiro atoms. The van der Waals surface area contributed by atoms with E-state index in [9.17, 15) is 19.1 Å². The molecule has 1 heterocycles. The lowest BCUT2D eigenvalue weighted by Gasteiger charge is -2.34. The van der Waals surface area contributed by atoms with E-state index in [2.05, 4.69) is 5.32 Å². The van der Waals surface area contributed by atoms with Crippen molar-refractivity contribution in [1.82, 2.24) is 4.90 Å². The first-order chi connectivity index (χ1) is 10.2. The van der Waals surface area contributed by atoms with Gasteiger partial charge in [0.05, 0.1) is 17.2 Å². The molecule has 0 bridgehead atoms. The Morgan fingerprint density at radius 3 is 2.68 bits per heavy atom. The number of halogens is 1. The highest BCUT2D eigenvalue weighted by Gasteiger charge is 2.39. The van der Waals surface area contributed by atoms with Gasteiger partial charge in [-0.05, 0) is 44.9 Å². The predicted octanol–water partition coefficient (Wildman–Crippen LogP) is 2.16. The van der Waals surface area contributed by atoms with E-state index in [1.165, 1.54) is 24.0 Å². The van der Waals surface area contributed by atoms with E-state index in [0.717, 1.165) is 12.5 Å². The minimum absolute atomic E-state index is 0.0950. The van der Waals surface area contributed by atoms with Crippen molar-refractivity contribution in [3.63, 3.8) is 0 Å². The molecule has 1 atom stereocenters. The van der Waals surface area contributed by atoms with E-state index < -0.39 is 17.3 Å². The number of likely N-dealkylation sites (tertiary alicyclic amines) is 1. The van der Waals surface area contributed by atoms with E-state index >= 15 is 0 Å². The fourth-order valence-electron chi connectivity index (χ4n) is 2.87. The van der Waals surface area contributed by atoms with E-state index in [1.807, 2.05) is 0 Å². The summed E-state index contributed by atoms with van der Waals surface area (Å²) < 4.78 is 14.0. The van der Waals surface area contributed by atoms with Crippen LogP contribution in [0.25, 0.3) is 0 Å². The summed E-state index contributed by atoms with van der Waals surface area (Å²) >= 11 is 0. The molecule has 1 fully saturated rings. The molecule has 6 heteroatoms. The molecule has 1 aliphatic heterocycles. The largest absolute Gasteiger partial charge is 0.388 e. The van der Waals surface area contributed by atoms with E-state index in [4.69, 9.17) is 0 Å². The summed E-state index contributed by atoms with van der Waals surface area (Å²) in [7, 11) is 0. The van der Waals surface area contributed by atoms with Crippen LogP contribution in [-0.4, -0.2) is 40.0 Å². The third kappa shape index (κ3) is 3.44. The van der Waals surface area contributed by atoms with Gasteiger partial charge in [0.25, 0.3) is 5.91 Å². The van der Waals surface area contributed by atoms with Crippen LogP contribution in [0.3, 0.4) is 0 Å². The Balaban J connectivity index is 2.30. The molecule has 1 aromatic carbocycles. The number of amides is 2. The number of carbonyl (C=O) groups is 2. The zero-order valence-corrected chi connectivity index (χ0v) is 13.0. The summed E-state index contributed by atoms with van der Waals surface area (Å²) in [5.74, 6) is -1.39. The number of hydrogen-bond acceptors (Lipinski definition) is 3. The van der Waals surface area contributed by atoms with Crippen LogP contribution >= 0.6 is 0 Å². The Labute approximate surface area is 129 Å². The van der Waals surface area contributed by atoms with Gasteiger partial charge in [0, 0.05) is 19.2 Å². The minimum Gasteiger partial charge on any atom is -0.388 e. The van der Waals surface area contributed by atoms with Gasteiger partial charge in [0.15, 0.2) is 0 Å². The summed E-state index contributed by atoms with van der Waals surface area (Å²) in [6.45, 7) is 5.12. The zero-order valence-electron chi connectivity index (χ0n) is 13.0. The molecule has 1 aromatic rings. The lowest BCUT2D eigenvalue weighted by atomic mass is 9.96. The van der Waals surface area contributed by atoms with E-state index in [0.29, 0.717) is 18.7 Å². The molecule has 0 aromatic heterocycles. The second kappa shape index (κ2) is 6.04. The van der Waals surface area contributed by atoms with Gasteiger partial charge >= 0.3 is 0 Å². The Bertz CT molecular complexity index is 596. The smallest absolute Gasteiger partial charge is 0.257 e. The second-order valence-electron chi connectivity index (χ2n) is 6.19. The Morgan fingerprint density at radius 2 is 2.09 bits per heavy atom. The lowest BCUT2D eigenvalue weighted by Crippen LogP contribution is -2.48. The van der Waals surface area contributed by atoms with Gasteiger partial charge in [-0.15, -0.1) is 0 Å². The van der Waals surface area contributed by atoms with Crippen LogP contribution < -0.4 is 5.32 Å².